The quantitative estimate of drug-likeness (QED) is 0.807. The Morgan fingerprint density at radius 3 is 2.17 bits per heavy atom. The third kappa shape index (κ3) is 2.94. The van der Waals surface area contributed by atoms with E-state index in [1.165, 1.54) is 5.56 Å². The van der Waals surface area contributed by atoms with Gasteiger partial charge in [0, 0.05) is 17.4 Å². The first kappa shape index (κ1) is 12.3. The lowest BCUT2D eigenvalue weighted by molar-refractivity contribution is 0.414. The minimum Gasteiger partial charge on any atom is -0.497 e. The van der Waals surface area contributed by atoms with Crippen LogP contribution in [0.15, 0.2) is 48.5 Å². The summed E-state index contributed by atoms with van der Waals surface area (Å²) < 4.78 is 5.15. The highest BCUT2D eigenvalue weighted by atomic mass is 16.5. The van der Waals surface area contributed by atoms with Crippen molar-refractivity contribution >= 4 is 11.4 Å². The van der Waals surface area contributed by atoms with Gasteiger partial charge in [0.15, 0.2) is 0 Å². The molecular formula is C15H18N2O. The van der Waals surface area contributed by atoms with Gasteiger partial charge in [-0.1, -0.05) is 12.1 Å². The van der Waals surface area contributed by atoms with E-state index in [4.69, 9.17) is 10.5 Å². The van der Waals surface area contributed by atoms with E-state index in [2.05, 4.69) is 24.4 Å². The molecule has 3 nitrogen and oxygen atoms in total. The maximum absolute atomic E-state index is 5.66. The summed E-state index contributed by atoms with van der Waals surface area (Å²) >= 11 is 0. The summed E-state index contributed by atoms with van der Waals surface area (Å²) in [6.45, 7) is 2.12. The summed E-state index contributed by atoms with van der Waals surface area (Å²) in [7, 11) is 1.67. The minimum atomic E-state index is 0.236. The molecule has 3 N–H and O–H groups in total. The fourth-order valence-electron chi connectivity index (χ4n) is 1.81. The highest BCUT2D eigenvalue weighted by molar-refractivity contribution is 5.52. The van der Waals surface area contributed by atoms with Crippen LogP contribution in [0.1, 0.15) is 18.5 Å². The molecule has 94 valence electrons. The number of hydrogen-bond acceptors (Lipinski definition) is 3. The lowest BCUT2D eigenvalue weighted by atomic mass is 10.1. The Bertz CT molecular complexity index is 491. The number of nitrogen functional groups attached to an aromatic ring is 1. The Kier molecular flexibility index (Phi) is 3.72. The van der Waals surface area contributed by atoms with Crippen molar-refractivity contribution in [1.29, 1.82) is 0 Å². The van der Waals surface area contributed by atoms with Gasteiger partial charge in [0.1, 0.15) is 5.75 Å². The first-order valence-electron chi connectivity index (χ1n) is 5.95. The summed E-state index contributed by atoms with van der Waals surface area (Å²) in [5.74, 6) is 0.874. The van der Waals surface area contributed by atoms with Crippen LogP contribution in [-0.2, 0) is 0 Å². The van der Waals surface area contributed by atoms with Crippen LogP contribution in [0.2, 0.25) is 0 Å². The van der Waals surface area contributed by atoms with E-state index < -0.39 is 0 Å². The van der Waals surface area contributed by atoms with Crippen LogP contribution >= 0.6 is 0 Å². The second kappa shape index (κ2) is 5.45. The predicted octanol–water partition coefficient (Wildman–Crippen LogP) is 3.45. The molecule has 0 aliphatic rings. The summed E-state index contributed by atoms with van der Waals surface area (Å²) in [5, 5.41) is 3.43. The minimum absolute atomic E-state index is 0.236. The lowest BCUT2D eigenvalue weighted by Crippen LogP contribution is -2.06. The van der Waals surface area contributed by atoms with Crippen molar-refractivity contribution in [3.05, 3.63) is 54.1 Å². The molecule has 3 heteroatoms. The number of methoxy groups -OCH3 is 1. The van der Waals surface area contributed by atoms with Crippen molar-refractivity contribution in [2.75, 3.05) is 18.2 Å². The van der Waals surface area contributed by atoms with Gasteiger partial charge >= 0.3 is 0 Å². The van der Waals surface area contributed by atoms with Gasteiger partial charge in [-0.05, 0) is 48.9 Å². The highest BCUT2D eigenvalue weighted by Gasteiger charge is 2.05. The summed E-state index contributed by atoms with van der Waals surface area (Å²) in [6.07, 6.45) is 0. The monoisotopic (exact) mass is 242 g/mol. The molecule has 1 unspecified atom stereocenters. The Hall–Kier alpha value is -2.16. The maximum Gasteiger partial charge on any atom is 0.118 e. The zero-order valence-corrected chi connectivity index (χ0v) is 10.7. The van der Waals surface area contributed by atoms with Gasteiger partial charge in [-0.2, -0.15) is 0 Å². The smallest absolute Gasteiger partial charge is 0.118 e. The van der Waals surface area contributed by atoms with Gasteiger partial charge in [-0.25, -0.2) is 0 Å². The van der Waals surface area contributed by atoms with Crippen molar-refractivity contribution in [3.63, 3.8) is 0 Å². The average molecular weight is 242 g/mol. The number of nitrogens with two attached hydrogens (primary N) is 1. The second-order valence-electron chi connectivity index (χ2n) is 4.26. The summed E-state index contributed by atoms with van der Waals surface area (Å²) in [5.41, 5.74) is 8.71. The van der Waals surface area contributed by atoms with Gasteiger partial charge in [0.2, 0.25) is 0 Å². The normalized spacial score (nSPS) is 11.9. The second-order valence-corrected chi connectivity index (χ2v) is 4.26. The third-order valence-electron chi connectivity index (χ3n) is 2.91. The zero-order chi connectivity index (χ0) is 13.0. The summed E-state index contributed by atoms with van der Waals surface area (Å²) in [4.78, 5) is 0. The molecule has 2 aromatic carbocycles. The molecule has 0 saturated heterocycles. The zero-order valence-electron chi connectivity index (χ0n) is 10.7. The molecule has 0 aromatic heterocycles. The highest BCUT2D eigenvalue weighted by Crippen LogP contribution is 2.22. The maximum atomic E-state index is 5.66. The Morgan fingerprint density at radius 1 is 1.00 bits per heavy atom. The van der Waals surface area contributed by atoms with Crippen LogP contribution < -0.4 is 15.8 Å². The number of rotatable bonds is 4. The number of benzene rings is 2. The SMILES string of the molecule is COc1ccc(C(C)Nc2ccc(N)cc2)cc1. The van der Waals surface area contributed by atoms with Gasteiger partial charge in [-0.3, -0.25) is 0 Å². The molecule has 0 radical (unpaired) electrons. The molecule has 0 aliphatic heterocycles. The van der Waals surface area contributed by atoms with Crippen molar-refractivity contribution < 1.29 is 4.74 Å². The van der Waals surface area contributed by atoms with Crippen molar-refractivity contribution in [2.45, 2.75) is 13.0 Å². The summed E-state index contributed by atoms with van der Waals surface area (Å²) in [6, 6.07) is 16.0. The largest absolute Gasteiger partial charge is 0.497 e. The van der Waals surface area contributed by atoms with Crippen LogP contribution in [0.25, 0.3) is 0 Å². The van der Waals surface area contributed by atoms with E-state index >= 15 is 0 Å². The van der Waals surface area contributed by atoms with Crippen molar-refractivity contribution in [2.24, 2.45) is 0 Å². The lowest BCUT2D eigenvalue weighted by Gasteiger charge is -2.16. The van der Waals surface area contributed by atoms with E-state index in [1.54, 1.807) is 7.11 Å². The molecule has 0 aliphatic carbocycles. The van der Waals surface area contributed by atoms with Crippen LogP contribution in [0, 0.1) is 0 Å². The van der Waals surface area contributed by atoms with E-state index in [0.717, 1.165) is 17.1 Å². The molecule has 0 amide bonds. The van der Waals surface area contributed by atoms with Crippen LogP contribution in [0.4, 0.5) is 11.4 Å². The molecule has 2 aromatic rings. The first-order valence-corrected chi connectivity index (χ1v) is 5.95. The van der Waals surface area contributed by atoms with Gasteiger partial charge < -0.3 is 15.8 Å². The number of ether oxygens (including phenoxy) is 1. The van der Waals surface area contributed by atoms with E-state index in [0.29, 0.717) is 0 Å². The van der Waals surface area contributed by atoms with Crippen molar-refractivity contribution in [1.82, 2.24) is 0 Å². The van der Waals surface area contributed by atoms with Crippen LogP contribution in [-0.4, -0.2) is 7.11 Å². The van der Waals surface area contributed by atoms with Gasteiger partial charge in [-0.15, -0.1) is 0 Å². The molecular weight excluding hydrogens is 224 g/mol. The molecule has 0 fully saturated rings. The molecule has 0 spiro atoms. The number of nitrogens with one attached hydrogen (secondary N) is 1. The Balaban J connectivity index is 2.06. The molecule has 18 heavy (non-hydrogen) atoms. The Labute approximate surface area is 108 Å². The van der Waals surface area contributed by atoms with Crippen molar-refractivity contribution in [3.8, 4) is 5.75 Å². The average Bonchev–Trinajstić information content (AvgIpc) is 2.41. The van der Waals surface area contributed by atoms with E-state index in [1.807, 2.05) is 36.4 Å². The fraction of sp³-hybridized carbons (Fsp3) is 0.200. The van der Waals surface area contributed by atoms with Crippen LogP contribution in [0.3, 0.4) is 0 Å². The number of anilines is 2. The van der Waals surface area contributed by atoms with Gasteiger partial charge in [0.25, 0.3) is 0 Å². The molecule has 0 saturated carbocycles. The van der Waals surface area contributed by atoms with Gasteiger partial charge in [0.05, 0.1) is 7.11 Å². The Morgan fingerprint density at radius 2 is 1.61 bits per heavy atom. The molecule has 0 bridgehead atoms. The molecule has 1 atom stereocenters. The first-order chi connectivity index (χ1) is 8.69. The fourth-order valence-corrected chi connectivity index (χ4v) is 1.81. The molecule has 0 heterocycles. The van der Waals surface area contributed by atoms with Crippen LogP contribution in [0.5, 0.6) is 5.75 Å². The third-order valence-corrected chi connectivity index (χ3v) is 2.91. The standard InChI is InChI=1S/C15H18N2O/c1-11(12-3-9-15(18-2)10-4-12)17-14-7-5-13(16)6-8-14/h3-11,17H,16H2,1-2H3. The number of hydrogen-bond donors (Lipinski definition) is 2. The topological polar surface area (TPSA) is 47.3 Å². The predicted molar refractivity (Wildman–Crippen MR) is 75.9 cm³/mol. The van der Waals surface area contributed by atoms with E-state index in [-0.39, 0.29) is 6.04 Å². The van der Waals surface area contributed by atoms with E-state index in [9.17, 15) is 0 Å². The molecule has 2 rings (SSSR count).